The van der Waals surface area contributed by atoms with Crippen molar-refractivity contribution in [3.05, 3.63) is 46.9 Å². The van der Waals surface area contributed by atoms with E-state index in [1.54, 1.807) is 12.3 Å². The molecule has 2 aromatic heterocycles. The molecule has 1 atom stereocenters. The van der Waals surface area contributed by atoms with Crippen LogP contribution in [-0.4, -0.2) is 25.7 Å². The minimum absolute atomic E-state index is 0.0108. The Morgan fingerprint density at radius 3 is 2.65 bits per heavy atom. The van der Waals surface area contributed by atoms with Crippen LogP contribution in [0.25, 0.3) is 21.8 Å². The van der Waals surface area contributed by atoms with Crippen LogP contribution in [0.3, 0.4) is 0 Å². The molecule has 11 heteroatoms. The molecule has 1 aliphatic rings. The Balaban J connectivity index is 1.51. The Kier molecular flexibility index (Phi) is 6.49. The van der Waals surface area contributed by atoms with Crippen molar-refractivity contribution in [2.45, 2.75) is 37.2 Å². The molecule has 1 fully saturated rings. The van der Waals surface area contributed by atoms with Crippen LogP contribution in [0.5, 0.6) is 0 Å². The van der Waals surface area contributed by atoms with Crippen LogP contribution in [0.2, 0.25) is 5.02 Å². The van der Waals surface area contributed by atoms with E-state index in [2.05, 4.69) is 15.3 Å². The zero-order chi connectivity index (χ0) is 22.0. The number of rotatable bonds is 6. The van der Waals surface area contributed by atoms with Crippen molar-refractivity contribution in [3.63, 3.8) is 0 Å². The Bertz CT molecular complexity index is 1100. The van der Waals surface area contributed by atoms with Crippen LogP contribution in [0, 0.1) is 0 Å². The first kappa shape index (κ1) is 22.0. The average molecular weight is 487 g/mol. The van der Waals surface area contributed by atoms with E-state index < -0.39 is 16.5 Å². The van der Waals surface area contributed by atoms with Gasteiger partial charge in [0.2, 0.25) is 11.0 Å². The second kappa shape index (κ2) is 9.13. The van der Waals surface area contributed by atoms with Crippen molar-refractivity contribution in [1.82, 2.24) is 9.97 Å². The summed E-state index contributed by atoms with van der Waals surface area (Å²) < 4.78 is 50.5. The Morgan fingerprint density at radius 1 is 1.16 bits per heavy atom. The zero-order valence-electron chi connectivity index (χ0n) is 16.1. The third-order valence-electron chi connectivity index (χ3n) is 4.88. The maximum atomic E-state index is 12.5. The Hall–Kier alpha value is -2.17. The van der Waals surface area contributed by atoms with E-state index >= 15 is 0 Å². The molecule has 1 aliphatic carbocycles. The minimum Gasteiger partial charge on any atom is -0.367 e. The summed E-state index contributed by atoms with van der Waals surface area (Å²) in [4.78, 5) is 9.02. The number of anilines is 2. The summed E-state index contributed by atoms with van der Waals surface area (Å²) in [7, 11) is -3.21. The smallest absolute Gasteiger partial charge is 0.367 e. The summed E-state index contributed by atoms with van der Waals surface area (Å²) in [5.74, 6) is 0.812. The van der Waals surface area contributed by atoms with Crippen molar-refractivity contribution in [2.24, 2.45) is 0 Å². The van der Waals surface area contributed by atoms with Gasteiger partial charge in [-0.1, -0.05) is 24.4 Å². The van der Waals surface area contributed by atoms with Crippen molar-refractivity contribution >= 4 is 45.4 Å². The third kappa shape index (κ3) is 5.36. The summed E-state index contributed by atoms with van der Waals surface area (Å²) in [5, 5.41) is 6.29. The molecule has 0 spiro atoms. The first-order chi connectivity index (χ1) is 14.8. The van der Waals surface area contributed by atoms with Gasteiger partial charge in [-0.15, -0.1) is 11.3 Å². The first-order valence-electron chi connectivity index (χ1n) is 9.53. The van der Waals surface area contributed by atoms with Gasteiger partial charge in [-0.05, 0) is 43.2 Å². The molecular formula is C20H18ClF3N4OS2. The highest BCUT2D eigenvalue weighted by Gasteiger charge is 2.37. The lowest BCUT2D eigenvalue weighted by molar-refractivity contribution is -0.0379. The molecule has 1 saturated carbocycles. The van der Waals surface area contributed by atoms with Gasteiger partial charge in [-0.3, -0.25) is 4.72 Å². The number of nitrogens with one attached hydrogen (secondary N) is 2. The summed E-state index contributed by atoms with van der Waals surface area (Å²) in [6.07, 6.45) is 6.49. The van der Waals surface area contributed by atoms with E-state index in [0.29, 0.717) is 17.3 Å². The van der Waals surface area contributed by atoms with E-state index in [1.165, 1.54) is 36.3 Å². The SMILES string of the molecule is O=S(Nc1ccc(-c2csc(-c3ccnc(NC4CCCC4)c3)n2)c(Cl)c1)C(F)(F)F. The molecule has 0 saturated heterocycles. The van der Waals surface area contributed by atoms with Gasteiger partial charge in [0, 0.05) is 34.4 Å². The predicted molar refractivity (Wildman–Crippen MR) is 119 cm³/mol. The van der Waals surface area contributed by atoms with Gasteiger partial charge < -0.3 is 5.32 Å². The molecule has 31 heavy (non-hydrogen) atoms. The molecule has 0 radical (unpaired) electrons. The number of alkyl halides is 3. The Morgan fingerprint density at radius 2 is 1.94 bits per heavy atom. The molecule has 5 nitrogen and oxygen atoms in total. The topological polar surface area (TPSA) is 66.9 Å². The number of hydrogen-bond acceptors (Lipinski definition) is 5. The van der Waals surface area contributed by atoms with Crippen LogP contribution in [0.1, 0.15) is 25.7 Å². The zero-order valence-corrected chi connectivity index (χ0v) is 18.5. The molecule has 3 aromatic rings. The van der Waals surface area contributed by atoms with Gasteiger partial charge in [0.25, 0.3) is 0 Å². The van der Waals surface area contributed by atoms with Gasteiger partial charge in [-0.25, -0.2) is 14.2 Å². The van der Waals surface area contributed by atoms with Crippen molar-refractivity contribution < 1.29 is 17.4 Å². The molecule has 0 aliphatic heterocycles. The second-order valence-corrected chi connectivity index (χ2v) is 9.57. The van der Waals surface area contributed by atoms with E-state index in [1.807, 2.05) is 22.2 Å². The fourth-order valence-corrected chi connectivity index (χ4v) is 4.95. The van der Waals surface area contributed by atoms with Crippen LogP contribution in [0.4, 0.5) is 24.7 Å². The number of benzene rings is 1. The monoisotopic (exact) mass is 486 g/mol. The molecule has 0 bridgehead atoms. The van der Waals surface area contributed by atoms with Crippen LogP contribution >= 0.6 is 22.9 Å². The highest BCUT2D eigenvalue weighted by Crippen LogP contribution is 2.35. The quantitative estimate of drug-likeness (QED) is 0.418. The van der Waals surface area contributed by atoms with Crippen LogP contribution < -0.4 is 10.0 Å². The predicted octanol–water partition coefficient (Wildman–Crippen LogP) is 6.48. The normalized spacial score (nSPS) is 15.7. The largest absolute Gasteiger partial charge is 0.490 e. The number of hydrogen-bond donors (Lipinski definition) is 2. The fourth-order valence-electron chi connectivity index (χ4n) is 3.40. The molecule has 2 N–H and O–H groups in total. The lowest BCUT2D eigenvalue weighted by Crippen LogP contribution is -2.22. The fraction of sp³-hybridized carbons (Fsp3) is 0.300. The van der Waals surface area contributed by atoms with Crippen molar-refractivity contribution in [1.29, 1.82) is 0 Å². The number of aromatic nitrogens is 2. The average Bonchev–Trinajstić information content (AvgIpc) is 3.40. The summed E-state index contributed by atoms with van der Waals surface area (Å²) in [6.45, 7) is 0. The lowest BCUT2D eigenvalue weighted by atomic mass is 10.1. The number of nitrogens with zero attached hydrogens (tertiary/aromatic N) is 2. The standard InChI is InChI=1S/C20H18ClF3N4OS2/c21-16-10-14(28-31(29)20(22,23)24)5-6-15(16)17-11-30-19(27-17)12-7-8-25-18(9-12)26-13-3-1-2-4-13/h5-11,13,28H,1-4H2,(H,25,26). The van der Waals surface area contributed by atoms with E-state index in [-0.39, 0.29) is 10.7 Å². The maximum absolute atomic E-state index is 12.5. The number of halogens is 4. The van der Waals surface area contributed by atoms with Gasteiger partial charge in [0.15, 0.2) is 0 Å². The van der Waals surface area contributed by atoms with Gasteiger partial charge in [-0.2, -0.15) is 13.2 Å². The van der Waals surface area contributed by atoms with E-state index in [9.17, 15) is 17.4 Å². The summed E-state index contributed by atoms with van der Waals surface area (Å²) in [5.41, 5.74) is -2.75. The lowest BCUT2D eigenvalue weighted by Gasteiger charge is -2.12. The first-order valence-corrected chi connectivity index (χ1v) is 11.9. The number of thiazole rings is 1. The van der Waals surface area contributed by atoms with Crippen LogP contribution in [-0.2, 0) is 11.0 Å². The van der Waals surface area contributed by atoms with Crippen LogP contribution in [0.15, 0.2) is 41.9 Å². The maximum Gasteiger partial charge on any atom is 0.490 e. The Labute approximate surface area is 188 Å². The van der Waals surface area contributed by atoms with Gasteiger partial charge in [0.05, 0.1) is 10.7 Å². The van der Waals surface area contributed by atoms with Crippen molar-refractivity contribution in [3.8, 4) is 21.8 Å². The van der Waals surface area contributed by atoms with Crippen molar-refractivity contribution in [2.75, 3.05) is 10.0 Å². The van der Waals surface area contributed by atoms with E-state index in [4.69, 9.17) is 11.6 Å². The molecule has 2 heterocycles. The highest BCUT2D eigenvalue weighted by molar-refractivity contribution is 7.87. The molecular weight excluding hydrogens is 469 g/mol. The van der Waals surface area contributed by atoms with Gasteiger partial charge >= 0.3 is 5.51 Å². The second-order valence-electron chi connectivity index (χ2n) is 7.10. The molecule has 0 amide bonds. The molecule has 1 unspecified atom stereocenters. The summed E-state index contributed by atoms with van der Waals surface area (Å²) >= 11 is 7.70. The molecule has 164 valence electrons. The number of pyridine rings is 1. The molecule has 1 aromatic carbocycles. The van der Waals surface area contributed by atoms with E-state index in [0.717, 1.165) is 29.2 Å². The summed E-state index contributed by atoms with van der Waals surface area (Å²) in [6, 6.07) is 8.53. The minimum atomic E-state index is -4.86. The highest BCUT2D eigenvalue weighted by atomic mass is 35.5. The van der Waals surface area contributed by atoms with Gasteiger partial charge in [0.1, 0.15) is 10.8 Å². The molecule has 4 rings (SSSR count). The third-order valence-corrected chi connectivity index (χ3v) is 6.93.